The van der Waals surface area contributed by atoms with Gasteiger partial charge in [-0.1, -0.05) is 24.3 Å². The Morgan fingerprint density at radius 3 is 2.43 bits per heavy atom. The third kappa shape index (κ3) is 3.93. The number of aliphatic carboxylic acids is 1. The molecule has 0 aliphatic carbocycles. The van der Waals surface area contributed by atoms with E-state index in [0.717, 1.165) is 11.1 Å². The molecular weight excluding hydrogens is 270 g/mol. The van der Waals surface area contributed by atoms with Gasteiger partial charge in [0.15, 0.2) is 0 Å². The third-order valence-electron chi connectivity index (χ3n) is 3.29. The molecule has 0 saturated heterocycles. The van der Waals surface area contributed by atoms with Crippen molar-refractivity contribution in [1.29, 1.82) is 0 Å². The fourth-order valence-corrected chi connectivity index (χ4v) is 1.89. The van der Waals surface area contributed by atoms with Crippen LogP contribution in [0.15, 0.2) is 40.8 Å². The molecular formula is C16H19NO4. The number of benzene rings is 1. The molecule has 0 fully saturated rings. The minimum atomic E-state index is -0.893. The van der Waals surface area contributed by atoms with E-state index in [4.69, 9.17) is 9.52 Å². The summed E-state index contributed by atoms with van der Waals surface area (Å²) in [6.45, 7) is 3.66. The van der Waals surface area contributed by atoms with Crippen molar-refractivity contribution < 1.29 is 19.4 Å². The van der Waals surface area contributed by atoms with Gasteiger partial charge in [-0.05, 0) is 31.5 Å². The van der Waals surface area contributed by atoms with Crippen LogP contribution in [0.5, 0.6) is 0 Å². The number of carbonyl (C=O) groups is 1. The summed E-state index contributed by atoms with van der Waals surface area (Å²) in [7, 11) is 0. The molecule has 0 saturated carbocycles. The Morgan fingerprint density at radius 2 is 1.86 bits per heavy atom. The smallest absolute Gasteiger partial charge is 0.320 e. The minimum absolute atomic E-state index is 0.360. The number of carboxylic acid groups (broad SMARTS) is 1. The molecule has 1 aromatic carbocycles. The summed E-state index contributed by atoms with van der Waals surface area (Å²) in [5, 5.41) is 21.1. The van der Waals surface area contributed by atoms with Crippen LogP contribution in [-0.2, 0) is 11.3 Å². The number of hydrogen-bond acceptors (Lipinski definition) is 4. The third-order valence-corrected chi connectivity index (χ3v) is 3.29. The molecule has 2 aromatic rings. The molecule has 0 aliphatic heterocycles. The predicted octanol–water partition coefficient (Wildman–Crippen LogP) is 2.56. The van der Waals surface area contributed by atoms with Crippen LogP contribution in [0.25, 0.3) is 11.3 Å². The lowest BCUT2D eigenvalue weighted by atomic mass is 10.1. The lowest BCUT2D eigenvalue weighted by molar-refractivity contribution is -0.139. The molecule has 5 heteroatoms. The van der Waals surface area contributed by atoms with E-state index in [1.165, 1.54) is 0 Å². The number of nitrogens with one attached hydrogen (secondary N) is 1. The monoisotopic (exact) mass is 289 g/mol. The zero-order chi connectivity index (χ0) is 15.4. The van der Waals surface area contributed by atoms with E-state index < -0.39 is 18.1 Å². The maximum Gasteiger partial charge on any atom is 0.320 e. The van der Waals surface area contributed by atoms with Gasteiger partial charge < -0.3 is 14.6 Å². The normalized spacial score (nSPS) is 13.9. The van der Waals surface area contributed by atoms with Crippen molar-refractivity contribution in [3.05, 3.63) is 47.7 Å². The van der Waals surface area contributed by atoms with Crippen LogP contribution in [0.4, 0.5) is 0 Å². The Balaban J connectivity index is 2.04. The summed E-state index contributed by atoms with van der Waals surface area (Å²) in [5.74, 6) is 0.500. The van der Waals surface area contributed by atoms with Crippen LogP contribution in [0, 0.1) is 0 Å². The molecule has 5 nitrogen and oxygen atoms in total. The molecule has 2 atom stereocenters. The Labute approximate surface area is 123 Å². The number of aliphatic hydroxyl groups is 1. The SMILES string of the molecule is C[C@H](O)c1ccc(-c2ccc(CN[C@H](C)C(=O)O)o2)cc1. The minimum Gasteiger partial charge on any atom is -0.480 e. The first kappa shape index (κ1) is 15.3. The highest BCUT2D eigenvalue weighted by Crippen LogP contribution is 2.24. The van der Waals surface area contributed by atoms with Crippen LogP contribution in [-0.4, -0.2) is 22.2 Å². The van der Waals surface area contributed by atoms with Crippen molar-refractivity contribution >= 4 is 5.97 Å². The summed E-state index contributed by atoms with van der Waals surface area (Å²) < 4.78 is 5.68. The van der Waals surface area contributed by atoms with Crippen molar-refractivity contribution in [3.63, 3.8) is 0 Å². The summed E-state index contributed by atoms with van der Waals surface area (Å²) in [5.41, 5.74) is 1.76. The van der Waals surface area contributed by atoms with Crippen molar-refractivity contribution in [2.75, 3.05) is 0 Å². The quantitative estimate of drug-likeness (QED) is 0.761. The summed E-state index contributed by atoms with van der Waals surface area (Å²) in [4.78, 5) is 10.7. The van der Waals surface area contributed by atoms with Gasteiger partial charge in [0, 0.05) is 5.56 Å². The molecule has 0 spiro atoms. The summed E-state index contributed by atoms with van der Waals surface area (Å²) >= 11 is 0. The van der Waals surface area contributed by atoms with E-state index in [2.05, 4.69) is 5.32 Å². The average molecular weight is 289 g/mol. The van der Waals surface area contributed by atoms with Crippen molar-refractivity contribution in [1.82, 2.24) is 5.32 Å². The molecule has 0 amide bonds. The van der Waals surface area contributed by atoms with E-state index in [1.807, 2.05) is 36.4 Å². The van der Waals surface area contributed by atoms with E-state index in [-0.39, 0.29) is 0 Å². The van der Waals surface area contributed by atoms with Crippen LogP contribution < -0.4 is 5.32 Å². The second kappa shape index (κ2) is 6.56. The molecule has 0 unspecified atom stereocenters. The standard InChI is InChI=1S/C16H19NO4/c1-10(16(19)20)17-9-14-7-8-15(21-14)13-5-3-12(4-6-13)11(2)18/h3-8,10-11,17-18H,9H2,1-2H3,(H,19,20)/t10-,11+/m1/s1. The highest BCUT2D eigenvalue weighted by atomic mass is 16.4. The molecule has 2 rings (SSSR count). The van der Waals surface area contributed by atoms with Gasteiger partial charge in [-0.2, -0.15) is 0 Å². The average Bonchev–Trinajstić information content (AvgIpc) is 2.93. The molecule has 1 heterocycles. The van der Waals surface area contributed by atoms with Gasteiger partial charge >= 0.3 is 5.97 Å². The highest BCUT2D eigenvalue weighted by Gasteiger charge is 2.11. The Kier molecular flexibility index (Phi) is 4.77. The fraction of sp³-hybridized carbons (Fsp3) is 0.312. The van der Waals surface area contributed by atoms with Gasteiger partial charge in [-0.15, -0.1) is 0 Å². The van der Waals surface area contributed by atoms with Crippen molar-refractivity contribution in [2.24, 2.45) is 0 Å². The summed E-state index contributed by atoms with van der Waals surface area (Å²) in [6.07, 6.45) is -0.493. The number of carboxylic acids is 1. The molecule has 1 aromatic heterocycles. The first-order chi connectivity index (χ1) is 9.97. The lowest BCUT2D eigenvalue weighted by Gasteiger charge is -2.07. The van der Waals surface area contributed by atoms with Crippen molar-refractivity contribution in [2.45, 2.75) is 32.5 Å². The lowest BCUT2D eigenvalue weighted by Crippen LogP contribution is -2.32. The van der Waals surface area contributed by atoms with Gasteiger partial charge in [-0.3, -0.25) is 10.1 Å². The van der Waals surface area contributed by atoms with E-state index in [0.29, 0.717) is 18.1 Å². The maximum atomic E-state index is 10.7. The molecule has 21 heavy (non-hydrogen) atoms. The first-order valence-electron chi connectivity index (χ1n) is 6.80. The second-order valence-corrected chi connectivity index (χ2v) is 5.00. The van der Waals surface area contributed by atoms with E-state index >= 15 is 0 Å². The number of aliphatic hydroxyl groups excluding tert-OH is 1. The van der Waals surface area contributed by atoms with E-state index in [1.54, 1.807) is 13.8 Å². The van der Waals surface area contributed by atoms with Crippen LogP contribution >= 0.6 is 0 Å². The maximum absolute atomic E-state index is 10.7. The Morgan fingerprint density at radius 1 is 1.19 bits per heavy atom. The highest BCUT2D eigenvalue weighted by molar-refractivity contribution is 5.72. The van der Waals surface area contributed by atoms with Crippen LogP contribution in [0.2, 0.25) is 0 Å². The Bertz CT molecular complexity index is 601. The van der Waals surface area contributed by atoms with Gasteiger partial charge in [0.1, 0.15) is 17.6 Å². The van der Waals surface area contributed by atoms with Gasteiger partial charge in [0.05, 0.1) is 12.6 Å². The van der Waals surface area contributed by atoms with Gasteiger partial charge in [0.25, 0.3) is 0 Å². The van der Waals surface area contributed by atoms with E-state index in [9.17, 15) is 9.90 Å². The number of hydrogen-bond donors (Lipinski definition) is 3. The Hall–Kier alpha value is -2.11. The molecule has 0 bridgehead atoms. The van der Waals surface area contributed by atoms with Crippen LogP contribution in [0.3, 0.4) is 0 Å². The molecule has 112 valence electrons. The predicted molar refractivity (Wildman–Crippen MR) is 78.7 cm³/mol. The van der Waals surface area contributed by atoms with Gasteiger partial charge in [0.2, 0.25) is 0 Å². The first-order valence-corrected chi connectivity index (χ1v) is 6.80. The van der Waals surface area contributed by atoms with Crippen LogP contribution in [0.1, 0.15) is 31.3 Å². The zero-order valence-corrected chi connectivity index (χ0v) is 12.0. The fourth-order valence-electron chi connectivity index (χ4n) is 1.89. The van der Waals surface area contributed by atoms with Gasteiger partial charge in [-0.25, -0.2) is 0 Å². The largest absolute Gasteiger partial charge is 0.480 e. The zero-order valence-electron chi connectivity index (χ0n) is 12.0. The second-order valence-electron chi connectivity index (χ2n) is 5.00. The topological polar surface area (TPSA) is 82.7 Å². The summed E-state index contributed by atoms with van der Waals surface area (Å²) in [6, 6.07) is 10.5. The molecule has 0 aliphatic rings. The molecule has 0 radical (unpaired) electrons. The number of rotatable bonds is 6. The number of furan rings is 1. The molecule has 3 N–H and O–H groups in total. The van der Waals surface area contributed by atoms with Crippen molar-refractivity contribution in [3.8, 4) is 11.3 Å².